The van der Waals surface area contributed by atoms with Crippen LogP contribution >= 0.6 is 0 Å². The molecular weight excluding hydrogens is 416 g/mol. The van der Waals surface area contributed by atoms with E-state index in [-0.39, 0.29) is 17.4 Å². The van der Waals surface area contributed by atoms with Gasteiger partial charge >= 0.3 is 0 Å². The summed E-state index contributed by atoms with van der Waals surface area (Å²) in [7, 11) is -2.15. The number of imidazole rings is 1. The number of nitrogens with zero attached hydrogens (tertiary/aromatic N) is 3. The fraction of sp³-hybridized carbons (Fsp3) is 0.273. The SMILES string of the molecule is Cc1ccc(S(=O)(=O)N(C)c2ccc(OCC(=O)NCCCn3ccnc3)cc2)cc1. The Balaban J connectivity index is 1.48. The van der Waals surface area contributed by atoms with Crippen LogP contribution in [0.2, 0.25) is 0 Å². The van der Waals surface area contributed by atoms with E-state index in [9.17, 15) is 13.2 Å². The highest BCUT2D eigenvalue weighted by Crippen LogP contribution is 2.24. The smallest absolute Gasteiger partial charge is 0.264 e. The quantitative estimate of drug-likeness (QED) is 0.487. The normalized spacial score (nSPS) is 11.2. The van der Waals surface area contributed by atoms with Crippen molar-refractivity contribution in [3.8, 4) is 5.75 Å². The first kappa shape index (κ1) is 22.4. The molecule has 8 nitrogen and oxygen atoms in total. The highest BCUT2D eigenvalue weighted by atomic mass is 32.2. The Morgan fingerprint density at radius 2 is 1.84 bits per heavy atom. The molecule has 164 valence electrons. The van der Waals surface area contributed by atoms with Gasteiger partial charge in [-0.15, -0.1) is 0 Å². The minimum atomic E-state index is -3.65. The summed E-state index contributed by atoms with van der Waals surface area (Å²) in [6.45, 7) is 3.12. The zero-order valence-electron chi connectivity index (χ0n) is 17.6. The molecular formula is C22H26N4O4S. The van der Waals surface area contributed by atoms with Crippen LogP contribution in [0.15, 0.2) is 72.1 Å². The Kier molecular flexibility index (Phi) is 7.30. The van der Waals surface area contributed by atoms with Gasteiger partial charge in [-0.1, -0.05) is 17.7 Å². The zero-order chi connectivity index (χ0) is 22.3. The number of ether oxygens (including phenoxy) is 1. The predicted molar refractivity (Wildman–Crippen MR) is 119 cm³/mol. The second kappa shape index (κ2) is 10.1. The van der Waals surface area contributed by atoms with E-state index < -0.39 is 10.0 Å². The lowest BCUT2D eigenvalue weighted by molar-refractivity contribution is -0.123. The van der Waals surface area contributed by atoms with Gasteiger partial charge in [0.15, 0.2) is 6.61 Å². The lowest BCUT2D eigenvalue weighted by Gasteiger charge is -2.20. The van der Waals surface area contributed by atoms with Crippen LogP contribution in [0, 0.1) is 6.92 Å². The summed E-state index contributed by atoms with van der Waals surface area (Å²) in [5, 5.41) is 2.80. The molecule has 0 radical (unpaired) electrons. The number of benzene rings is 2. The number of amides is 1. The second-order valence-corrected chi connectivity index (χ2v) is 9.04. The number of carbonyl (C=O) groups is 1. The predicted octanol–water partition coefficient (Wildman–Crippen LogP) is 2.60. The van der Waals surface area contributed by atoms with Gasteiger partial charge in [-0.05, 0) is 49.7 Å². The van der Waals surface area contributed by atoms with Gasteiger partial charge in [0, 0.05) is 32.5 Å². The molecule has 3 aromatic rings. The summed E-state index contributed by atoms with van der Waals surface area (Å²) in [6.07, 6.45) is 6.11. The molecule has 2 aromatic carbocycles. The minimum Gasteiger partial charge on any atom is -0.484 e. The first-order chi connectivity index (χ1) is 14.9. The van der Waals surface area contributed by atoms with E-state index in [0.29, 0.717) is 18.0 Å². The summed E-state index contributed by atoms with van der Waals surface area (Å²) >= 11 is 0. The van der Waals surface area contributed by atoms with E-state index in [0.717, 1.165) is 18.5 Å². The Morgan fingerprint density at radius 3 is 2.48 bits per heavy atom. The third-order valence-electron chi connectivity index (χ3n) is 4.72. The van der Waals surface area contributed by atoms with Gasteiger partial charge in [0.2, 0.25) is 0 Å². The molecule has 1 amide bonds. The van der Waals surface area contributed by atoms with Crippen molar-refractivity contribution in [1.82, 2.24) is 14.9 Å². The lowest BCUT2D eigenvalue weighted by Crippen LogP contribution is -2.30. The molecule has 0 bridgehead atoms. The molecule has 0 unspecified atom stereocenters. The molecule has 1 heterocycles. The molecule has 0 saturated carbocycles. The molecule has 0 aliphatic rings. The van der Waals surface area contributed by atoms with Crippen molar-refractivity contribution < 1.29 is 17.9 Å². The molecule has 31 heavy (non-hydrogen) atoms. The van der Waals surface area contributed by atoms with E-state index in [4.69, 9.17) is 4.74 Å². The average Bonchev–Trinajstić information content (AvgIpc) is 3.29. The Hall–Kier alpha value is -3.33. The van der Waals surface area contributed by atoms with Gasteiger partial charge in [0.25, 0.3) is 15.9 Å². The van der Waals surface area contributed by atoms with Crippen LogP contribution < -0.4 is 14.4 Å². The largest absolute Gasteiger partial charge is 0.484 e. The van der Waals surface area contributed by atoms with E-state index in [1.165, 1.54) is 11.4 Å². The van der Waals surface area contributed by atoms with Gasteiger partial charge in [0.1, 0.15) is 5.75 Å². The van der Waals surface area contributed by atoms with Crippen LogP contribution in [0.25, 0.3) is 0 Å². The van der Waals surface area contributed by atoms with E-state index >= 15 is 0 Å². The van der Waals surface area contributed by atoms with Crippen LogP contribution in [-0.4, -0.2) is 44.1 Å². The number of carbonyl (C=O) groups excluding carboxylic acids is 1. The fourth-order valence-corrected chi connectivity index (χ4v) is 4.06. The van der Waals surface area contributed by atoms with E-state index in [1.54, 1.807) is 61.1 Å². The van der Waals surface area contributed by atoms with E-state index in [1.807, 2.05) is 17.7 Å². The van der Waals surface area contributed by atoms with Crippen molar-refractivity contribution in [2.24, 2.45) is 0 Å². The minimum absolute atomic E-state index is 0.109. The summed E-state index contributed by atoms with van der Waals surface area (Å²) in [4.78, 5) is 16.1. The van der Waals surface area contributed by atoms with Crippen molar-refractivity contribution >= 4 is 21.6 Å². The Morgan fingerprint density at radius 1 is 1.13 bits per heavy atom. The van der Waals surface area contributed by atoms with E-state index in [2.05, 4.69) is 10.3 Å². The van der Waals surface area contributed by atoms with Crippen molar-refractivity contribution in [2.75, 3.05) is 24.5 Å². The number of aryl methyl sites for hydroxylation is 2. The number of hydrogen-bond donors (Lipinski definition) is 1. The molecule has 1 N–H and O–H groups in total. The topological polar surface area (TPSA) is 93.5 Å². The van der Waals surface area contributed by atoms with Crippen molar-refractivity contribution in [2.45, 2.75) is 24.8 Å². The highest BCUT2D eigenvalue weighted by molar-refractivity contribution is 7.92. The average molecular weight is 443 g/mol. The zero-order valence-corrected chi connectivity index (χ0v) is 18.4. The van der Waals surface area contributed by atoms with Crippen LogP contribution in [0.4, 0.5) is 5.69 Å². The molecule has 1 aromatic heterocycles. The first-order valence-corrected chi connectivity index (χ1v) is 11.3. The molecule has 0 fully saturated rings. The Labute approximate surface area is 182 Å². The number of sulfonamides is 1. The van der Waals surface area contributed by atoms with Crippen LogP contribution in [0.3, 0.4) is 0 Å². The van der Waals surface area contributed by atoms with Crippen molar-refractivity contribution in [3.63, 3.8) is 0 Å². The van der Waals surface area contributed by atoms with Crippen LogP contribution in [0.1, 0.15) is 12.0 Å². The van der Waals surface area contributed by atoms with Crippen molar-refractivity contribution in [1.29, 1.82) is 0 Å². The van der Waals surface area contributed by atoms with Crippen LogP contribution in [0.5, 0.6) is 5.75 Å². The molecule has 0 aliphatic carbocycles. The molecule has 0 saturated heterocycles. The lowest BCUT2D eigenvalue weighted by atomic mass is 10.2. The summed E-state index contributed by atoms with van der Waals surface area (Å²) in [5.41, 5.74) is 1.49. The summed E-state index contributed by atoms with van der Waals surface area (Å²) in [6, 6.07) is 13.3. The monoisotopic (exact) mass is 442 g/mol. The molecule has 9 heteroatoms. The number of rotatable bonds is 10. The standard InChI is InChI=1S/C22H26N4O4S/c1-18-4-10-21(11-5-18)31(28,29)25(2)19-6-8-20(9-7-19)30-16-22(27)24-12-3-14-26-15-13-23-17-26/h4-11,13,15,17H,3,12,14,16H2,1-2H3,(H,24,27). The Bertz CT molecular complexity index is 1080. The molecule has 0 aliphatic heterocycles. The van der Waals surface area contributed by atoms with Gasteiger partial charge in [-0.3, -0.25) is 9.10 Å². The first-order valence-electron chi connectivity index (χ1n) is 9.87. The summed E-state index contributed by atoms with van der Waals surface area (Å²) in [5.74, 6) is 0.271. The third kappa shape index (κ3) is 6.08. The van der Waals surface area contributed by atoms with Crippen molar-refractivity contribution in [3.05, 3.63) is 72.8 Å². The fourth-order valence-electron chi connectivity index (χ4n) is 2.87. The van der Waals surface area contributed by atoms with Crippen LogP contribution in [-0.2, 0) is 21.4 Å². The highest BCUT2D eigenvalue weighted by Gasteiger charge is 2.21. The maximum Gasteiger partial charge on any atom is 0.264 e. The number of aromatic nitrogens is 2. The summed E-state index contributed by atoms with van der Waals surface area (Å²) < 4.78 is 34.2. The second-order valence-electron chi connectivity index (χ2n) is 7.07. The molecule has 0 spiro atoms. The number of anilines is 1. The number of nitrogens with one attached hydrogen (secondary N) is 1. The molecule has 3 rings (SSSR count). The van der Waals surface area contributed by atoms with Gasteiger partial charge in [-0.25, -0.2) is 13.4 Å². The van der Waals surface area contributed by atoms with Gasteiger partial charge < -0.3 is 14.6 Å². The molecule has 0 atom stereocenters. The van der Waals surface area contributed by atoms with Gasteiger partial charge in [-0.2, -0.15) is 0 Å². The van der Waals surface area contributed by atoms with Gasteiger partial charge in [0.05, 0.1) is 16.9 Å². The third-order valence-corrected chi connectivity index (χ3v) is 6.52. The maximum absolute atomic E-state index is 12.8. The maximum atomic E-state index is 12.8. The number of hydrogen-bond acceptors (Lipinski definition) is 5.